The summed E-state index contributed by atoms with van der Waals surface area (Å²) in [5.41, 5.74) is 0.849. The number of hydrogen-bond acceptors (Lipinski definition) is 3. The molecule has 1 aliphatic carbocycles. The van der Waals surface area contributed by atoms with E-state index in [2.05, 4.69) is 5.32 Å². The fourth-order valence-electron chi connectivity index (χ4n) is 3.90. The highest BCUT2D eigenvalue weighted by molar-refractivity contribution is 5.76. The number of aryl methyl sites for hydroxylation is 1. The summed E-state index contributed by atoms with van der Waals surface area (Å²) in [5.74, 6) is 0.00149. The first kappa shape index (κ1) is 16.2. The second-order valence-electron chi connectivity index (χ2n) is 6.93. The molecule has 0 bridgehead atoms. The van der Waals surface area contributed by atoms with Crippen LogP contribution in [0.15, 0.2) is 23.0 Å². The van der Waals surface area contributed by atoms with Crippen LogP contribution in [0.25, 0.3) is 0 Å². The molecule has 2 heterocycles. The van der Waals surface area contributed by atoms with Crippen molar-refractivity contribution in [3.05, 3.63) is 34.2 Å². The number of ether oxygens (including phenoxy) is 1. The number of aromatic nitrogens is 1. The minimum Gasteiger partial charge on any atom is -0.373 e. The topological polar surface area (TPSA) is 60.3 Å². The molecule has 1 aromatic rings. The van der Waals surface area contributed by atoms with Crippen LogP contribution in [0, 0.1) is 6.92 Å². The zero-order chi connectivity index (χ0) is 16.3. The lowest BCUT2D eigenvalue weighted by Gasteiger charge is -2.32. The lowest BCUT2D eigenvalue weighted by atomic mass is 9.82. The fraction of sp³-hybridized carbons (Fsp3) is 0.667. The molecule has 1 aliphatic heterocycles. The van der Waals surface area contributed by atoms with E-state index < -0.39 is 0 Å². The van der Waals surface area contributed by atoms with Gasteiger partial charge in [-0.05, 0) is 32.3 Å². The van der Waals surface area contributed by atoms with Crippen molar-refractivity contribution in [2.75, 3.05) is 6.61 Å². The Morgan fingerprint density at radius 3 is 2.87 bits per heavy atom. The Kier molecular flexibility index (Phi) is 4.85. The molecule has 1 N–H and O–H groups in total. The van der Waals surface area contributed by atoms with Crippen molar-refractivity contribution in [3.63, 3.8) is 0 Å². The molecular weight excluding hydrogens is 292 g/mol. The van der Waals surface area contributed by atoms with Crippen molar-refractivity contribution in [3.8, 4) is 0 Å². The Morgan fingerprint density at radius 2 is 2.13 bits per heavy atom. The van der Waals surface area contributed by atoms with Crippen molar-refractivity contribution < 1.29 is 9.53 Å². The molecule has 1 aromatic heterocycles. The van der Waals surface area contributed by atoms with Crippen LogP contribution in [0.1, 0.15) is 50.6 Å². The van der Waals surface area contributed by atoms with E-state index in [-0.39, 0.29) is 23.1 Å². The summed E-state index contributed by atoms with van der Waals surface area (Å²) in [6, 6.07) is 5.28. The average Bonchev–Trinajstić information content (AvgIpc) is 2.89. The van der Waals surface area contributed by atoms with Gasteiger partial charge in [0.1, 0.15) is 0 Å². The van der Waals surface area contributed by atoms with Crippen LogP contribution < -0.4 is 10.9 Å². The van der Waals surface area contributed by atoms with Crippen LogP contribution in [0.3, 0.4) is 0 Å². The van der Waals surface area contributed by atoms with Gasteiger partial charge in [-0.15, -0.1) is 0 Å². The number of hydrogen-bond donors (Lipinski definition) is 1. The van der Waals surface area contributed by atoms with E-state index in [1.165, 1.54) is 25.3 Å². The second-order valence-corrected chi connectivity index (χ2v) is 6.93. The van der Waals surface area contributed by atoms with Gasteiger partial charge < -0.3 is 14.6 Å². The van der Waals surface area contributed by atoms with Gasteiger partial charge in [-0.3, -0.25) is 9.59 Å². The molecule has 1 unspecified atom stereocenters. The van der Waals surface area contributed by atoms with E-state index in [9.17, 15) is 9.59 Å². The summed E-state index contributed by atoms with van der Waals surface area (Å²) < 4.78 is 7.67. The molecule has 5 heteroatoms. The largest absolute Gasteiger partial charge is 0.373 e. The zero-order valence-electron chi connectivity index (χ0n) is 13.8. The predicted octanol–water partition coefficient (Wildman–Crippen LogP) is 2.15. The number of pyridine rings is 1. The maximum atomic E-state index is 12.2. The molecule has 1 atom stereocenters. The van der Waals surface area contributed by atoms with Crippen LogP contribution in [-0.2, 0) is 16.1 Å². The van der Waals surface area contributed by atoms with Gasteiger partial charge in [0.15, 0.2) is 0 Å². The molecule has 3 rings (SSSR count). The van der Waals surface area contributed by atoms with Crippen LogP contribution >= 0.6 is 0 Å². The van der Waals surface area contributed by atoms with E-state index in [1.807, 2.05) is 13.0 Å². The van der Waals surface area contributed by atoms with E-state index in [4.69, 9.17) is 4.74 Å². The highest BCUT2D eigenvalue weighted by atomic mass is 16.5. The maximum absolute atomic E-state index is 12.2. The zero-order valence-corrected chi connectivity index (χ0v) is 13.8. The Balaban J connectivity index is 1.49. The molecule has 0 radical (unpaired) electrons. The molecule has 1 saturated heterocycles. The molecule has 1 amide bonds. The Morgan fingerprint density at radius 1 is 1.35 bits per heavy atom. The Hall–Kier alpha value is -1.62. The number of amides is 1. The van der Waals surface area contributed by atoms with Gasteiger partial charge in [0.2, 0.25) is 5.91 Å². The number of nitrogens with zero attached hydrogens (tertiary/aromatic N) is 1. The molecule has 0 aromatic carbocycles. The van der Waals surface area contributed by atoms with Gasteiger partial charge in [0, 0.05) is 24.7 Å². The van der Waals surface area contributed by atoms with Crippen molar-refractivity contribution in [1.29, 1.82) is 0 Å². The normalized spacial score (nSPS) is 23.1. The minimum atomic E-state index is -0.0526. The molecule has 126 valence electrons. The third kappa shape index (κ3) is 3.83. The number of carbonyl (C=O) groups excluding carboxylic acids is 1. The molecule has 5 nitrogen and oxygen atoms in total. The highest BCUT2D eigenvalue weighted by Gasteiger charge is 2.41. The quantitative estimate of drug-likeness (QED) is 0.925. The summed E-state index contributed by atoms with van der Waals surface area (Å²) in [4.78, 5) is 24.0. The van der Waals surface area contributed by atoms with Crippen molar-refractivity contribution in [1.82, 2.24) is 9.88 Å². The first-order valence-electron chi connectivity index (χ1n) is 8.68. The Bertz CT molecular complexity index is 617. The van der Waals surface area contributed by atoms with Crippen molar-refractivity contribution in [2.24, 2.45) is 0 Å². The molecule has 2 fully saturated rings. The standard InChI is InChI=1S/C18H26N2O3/c1-14-6-5-7-17(22)20(14)11-8-16(21)19-15-12-18(23-13-15)9-3-2-4-10-18/h5-7,15H,2-4,8-13H2,1H3,(H,19,21). The number of carbonyl (C=O) groups is 1. The molecule has 1 spiro atoms. The van der Waals surface area contributed by atoms with Gasteiger partial charge in [-0.2, -0.15) is 0 Å². The first-order chi connectivity index (χ1) is 11.1. The van der Waals surface area contributed by atoms with Gasteiger partial charge in [-0.1, -0.05) is 25.3 Å². The summed E-state index contributed by atoms with van der Waals surface area (Å²) in [6.45, 7) is 2.93. The molecular formula is C18H26N2O3. The third-order valence-electron chi connectivity index (χ3n) is 5.17. The molecule has 1 saturated carbocycles. The number of nitrogens with one attached hydrogen (secondary N) is 1. The Labute approximate surface area is 137 Å². The van der Waals surface area contributed by atoms with Crippen molar-refractivity contribution >= 4 is 5.91 Å². The van der Waals surface area contributed by atoms with E-state index in [0.29, 0.717) is 19.6 Å². The molecule has 2 aliphatic rings. The third-order valence-corrected chi connectivity index (χ3v) is 5.17. The van der Waals surface area contributed by atoms with Crippen LogP contribution in [0.4, 0.5) is 0 Å². The summed E-state index contributed by atoms with van der Waals surface area (Å²) >= 11 is 0. The second kappa shape index (κ2) is 6.87. The maximum Gasteiger partial charge on any atom is 0.250 e. The first-order valence-corrected chi connectivity index (χ1v) is 8.68. The van der Waals surface area contributed by atoms with Crippen LogP contribution in [-0.4, -0.2) is 28.7 Å². The summed E-state index contributed by atoms with van der Waals surface area (Å²) in [6.07, 6.45) is 7.27. The minimum absolute atomic E-state index is 0.00149. The summed E-state index contributed by atoms with van der Waals surface area (Å²) in [5, 5.41) is 3.08. The number of rotatable bonds is 4. The van der Waals surface area contributed by atoms with Gasteiger partial charge in [-0.25, -0.2) is 0 Å². The van der Waals surface area contributed by atoms with Crippen molar-refractivity contribution in [2.45, 2.75) is 70.1 Å². The lowest BCUT2D eigenvalue weighted by molar-refractivity contribution is -0.122. The average molecular weight is 318 g/mol. The van der Waals surface area contributed by atoms with E-state index in [1.54, 1.807) is 10.6 Å². The SMILES string of the molecule is Cc1cccc(=O)n1CCC(=O)NC1COC2(CCCCC2)C1. The monoisotopic (exact) mass is 318 g/mol. The van der Waals surface area contributed by atoms with Gasteiger partial charge in [0.25, 0.3) is 5.56 Å². The molecule has 23 heavy (non-hydrogen) atoms. The highest BCUT2D eigenvalue weighted by Crippen LogP contribution is 2.39. The van der Waals surface area contributed by atoms with Gasteiger partial charge in [0.05, 0.1) is 18.2 Å². The van der Waals surface area contributed by atoms with E-state index in [0.717, 1.165) is 25.0 Å². The fourth-order valence-corrected chi connectivity index (χ4v) is 3.90. The smallest absolute Gasteiger partial charge is 0.250 e. The lowest BCUT2D eigenvalue weighted by Crippen LogP contribution is -2.38. The van der Waals surface area contributed by atoms with E-state index >= 15 is 0 Å². The summed E-state index contributed by atoms with van der Waals surface area (Å²) in [7, 11) is 0. The van der Waals surface area contributed by atoms with Crippen LogP contribution in [0.2, 0.25) is 0 Å². The predicted molar refractivity (Wildman–Crippen MR) is 88.4 cm³/mol. The van der Waals surface area contributed by atoms with Gasteiger partial charge >= 0.3 is 0 Å². The van der Waals surface area contributed by atoms with Crippen LogP contribution in [0.5, 0.6) is 0 Å².